The summed E-state index contributed by atoms with van der Waals surface area (Å²) in [6.45, 7) is 10.7. The van der Waals surface area contributed by atoms with Crippen molar-refractivity contribution in [3.63, 3.8) is 0 Å². The highest BCUT2D eigenvalue weighted by Gasteiger charge is 2.62. The van der Waals surface area contributed by atoms with Crippen molar-refractivity contribution in [1.82, 2.24) is 0 Å². The molecular formula is C17H30O2. The van der Waals surface area contributed by atoms with E-state index in [0.29, 0.717) is 16.2 Å². The van der Waals surface area contributed by atoms with Crippen molar-refractivity contribution in [2.45, 2.75) is 72.5 Å². The molecule has 0 N–H and O–H groups in total. The fraction of sp³-hybridized carbons (Fsp3) is 1.00. The first-order valence-corrected chi connectivity index (χ1v) is 8.16. The van der Waals surface area contributed by atoms with E-state index >= 15 is 0 Å². The van der Waals surface area contributed by atoms with E-state index in [4.69, 9.17) is 9.47 Å². The van der Waals surface area contributed by atoms with Crippen molar-refractivity contribution in [3.05, 3.63) is 0 Å². The largest absolute Gasteiger partial charge is 0.352 e. The molecule has 2 nitrogen and oxygen atoms in total. The van der Waals surface area contributed by atoms with Crippen molar-refractivity contribution in [2.24, 2.45) is 22.2 Å². The maximum absolute atomic E-state index is 6.03. The third-order valence-corrected chi connectivity index (χ3v) is 5.81. The highest BCUT2D eigenvalue weighted by atomic mass is 16.7. The fourth-order valence-electron chi connectivity index (χ4n) is 6.50. The van der Waals surface area contributed by atoms with E-state index in [-0.39, 0.29) is 6.29 Å². The van der Waals surface area contributed by atoms with Gasteiger partial charge in [-0.2, -0.15) is 0 Å². The molecule has 0 spiro atoms. The van der Waals surface area contributed by atoms with Gasteiger partial charge in [-0.15, -0.1) is 0 Å². The first kappa shape index (κ1) is 13.9. The predicted octanol–water partition coefficient (Wildman–Crippen LogP) is 4.38. The maximum Gasteiger partial charge on any atom is 0.163 e. The Bertz CT molecular complexity index is 327. The molecule has 4 fully saturated rings. The van der Waals surface area contributed by atoms with Crippen molar-refractivity contribution in [1.29, 1.82) is 0 Å². The standard InChI is InChI=1S/C17H30O2/c1-5-18-14(19-6-2)17-9-13-7-15(3,11-17)10-16(4,8-13)12-17/h13-14H,5-12H2,1-4H3. The molecule has 4 aliphatic carbocycles. The summed E-state index contributed by atoms with van der Waals surface area (Å²) in [5.74, 6) is 0.912. The average Bonchev–Trinajstić information content (AvgIpc) is 2.23. The van der Waals surface area contributed by atoms with E-state index in [2.05, 4.69) is 27.7 Å². The van der Waals surface area contributed by atoms with Gasteiger partial charge in [0.1, 0.15) is 0 Å². The lowest BCUT2D eigenvalue weighted by Crippen LogP contribution is -2.59. The van der Waals surface area contributed by atoms with Crippen LogP contribution in [0.2, 0.25) is 0 Å². The molecule has 4 saturated carbocycles. The predicted molar refractivity (Wildman–Crippen MR) is 76.9 cm³/mol. The topological polar surface area (TPSA) is 18.5 Å². The molecular weight excluding hydrogens is 236 g/mol. The van der Waals surface area contributed by atoms with Gasteiger partial charge in [0, 0.05) is 18.6 Å². The summed E-state index contributed by atoms with van der Waals surface area (Å²) >= 11 is 0. The highest BCUT2D eigenvalue weighted by Crippen LogP contribution is 2.70. The monoisotopic (exact) mass is 266 g/mol. The molecule has 2 atom stereocenters. The van der Waals surface area contributed by atoms with Gasteiger partial charge in [-0.1, -0.05) is 13.8 Å². The quantitative estimate of drug-likeness (QED) is 0.687. The van der Waals surface area contributed by atoms with Crippen LogP contribution in [-0.2, 0) is 9.47 Å². The molecule has 19 heavy (non-hydrogen) atoms. The Labute approximate surface area is 118 Å². The number of hydrogen-bond acceptors (Lipinski definition) is 2. The van der Waals surface area contributed by atoms with Gasteiger partial charge < -0.3 is 9.47 Å². The van der Waals surface area contributed by atoms with Crippen LogP contribution in [0.3, 0.4) is 0 Å². The molecule has 2 heteroatoms. The molecule has 4 aliphatic rings. The molecule has 0 radical (unpaired) electrons. The van der Waals surface area contributed by atoms with E-state index in [1.165, 1.54) is 38.5 Å². The highest BCUT2D eigenvalue weighted by molar-refractivity contribution is 5.11. The van der Waals surface area contributed by atoms with Gasteiger partial charge in [0.2, 0.25) is 0 Å². The Balaban J connectivity index is 1.90. The van der Waals surface area contributed by atoms with E-state index in [1.54, 1.807) is 0 Å². The molecule has 0 amide bonds. The van der Waals surface area contributed by atoms with Crippen LogP contribution in [0.25, 0.3) is 0 Å². The average molecular weight is 266 g/mol. The van der Waals surface area contributed by atoms with E-state index < -0.39 is 0 Å². The summed E-state index contributed by atoms with van der Waals surface area (Å²) in [6, 6.07) is 0. The normalized spacial score (nSPS) is 48.2. The molecule has 0 aliphatic heterocycles. The molecule has 4 bridgehead atoms. The molecule has 0 aromatic rings. The van der Waals surface area contributed by atoms with Crippen LogP contribution in [0.5, 0.6) is 0 Å². The van der Waals surface area contributed by atoms with Crippen LogP contribution in [0.4, 0.5) is 0 Å². The summed E-state index contributed by atoms with van der Waals surface area (Å²) in [4.78, 5) is 0. The lowest BCUT2D eigenvalue weighted by Gasteiger charge is -2.66. The number of hydrogen-bond donors (Lipinski definition) is 0. The minimum Gasteiger partial charge on any atom is -0.352 e. The molecule has 0 heterocycles. The van der Waals surface area contributed by atoms with Crippen molar-refractivity contribution in [2.75, 3.05) is 13.2 Å². The van der Waals surface area contributed by atoms with E-state index in [0.717, 1.165) is 19.1 Å². The third-order valence-electron chi connectivity index (χ3n) is 5.81. The first-order chi connectivity index (χ1) is 8.93. The number of ether oxygens (including phenoxy) is 2. The first-order valence-electron chi connectivity index (χ1n) is 8.16. The van der Waals surface area contributed by atoms with E-state index in [9.17, 15) is 0 Å². The second-order valence-electron chi connectivity index (χ2n) is 8.24. The molecule has 0 aromatic heterocycles. The van der Waals surface area contributed by atoms with Gasteiger partial charge >= 0.3 is 0 Å². The smallest absolute Gasteiger partial charge is 0.163 e. The zero-order valence-corrected chi connectivity index (χ0v) is 13.1. The Morgan fingerprint density at radius 3 is 1.84 bits per heavy atom. The lowest BCUT2D eigenvalue weighted by atomic mass is 9.40. The summed E-state index contributed by atoms with van der Waals surface area (Å²) in [6.07, 6.45) is 8.30. The summed E-state index contributed by atoms with van der Waals surface area (Å²) < 4.78 is 12.1. The van der Waals surface area contributed by atoms with Crippen molar-refractivity contribution >= 4 is 0 Å². The third kappa shape index (κ3) is 2.25. The molecule has 4 rings (SSSR count). The van der Waals surface area contributed by atoms with Crippen LogP contribution in [-0.4, -0.2) is 19.5 Å². The van der Waals surface area contributed by atoms with Crippen LogP contribution >= 0.6 is 0 Å². The molecule has 0 aromatic carbocycles. The second-order valence-corrected chi connectivity index (χ2v) is 8.24. The van der Waals surface area contributed by atoms with Gasteiger partial charge in [0.25, 0.3) is 0 Å². The summed E-state index contributed by atoms with van der Waals surface area (Å²) in [5, 5.41) is 0. The van der Waals surface area contributed by atoms with Crippen LogP contribution < -0.4 is 0 Å². The number of rotatable bonds is 5. The van der Waals surface area contributed by atoms with Crippen LogP contribution in [0.15, 0.2) is 0 Å². The Morgan fingerprint density at radius 1 is 0.895 bits per heavy atom. The van der Waals surface area contributed by atoms with E-state index in [1.807, 2.05) is 0 Å². The zero-order chi connectivity index (χ0) is 13.7. The molecule has 0 saturated heterocycles. The van der Waals surface area contributed by atoms with Gasteiger partial charge in [0.05, 0.1) is 0 Å². The second kappa shape index (κ2) is 4.46. The van der Waals surface area contributed by atoms with Crippen LogP contribution in [0, 0.1) is 22.2 Å². The Kier molecular flexibility index (Phi) is 3.26. The minimum absolute atomic E-state index is 0.0320. The lowest BCUT2D eigenvalue weighted by molar-refractivity contribution is -0.273. The van der Waals surface area contributed by atoms with Gasteiger partial charge in [-0.3, -0.25) is 0 Å². The molecule has 110 valence electrons. The summed E-state index contributed by atoms with van der Waals surface area (Å²) in [7, 11) is 0. The minimum atomic E-state index is 0.0320. The van der Waals surface area contributed by atoms with Crippen molar-refractivity contribution < 1.29 is 9.47 Å². The molecule has 2 unspecified atom stereocenters. The van der Waals surface area contributed by atoms with Gasteiger partial charge in [0.15, 0.2) is 6.29 Å². The Hall–Kier alpha value is -0.0800. The van der Waals surface area contributed by atoms with Crippen LogP contribution in [0.1, 0.15) is 66.2 Å². The maximum atomic E-state index is 6.03. The zero-order valence-electron chi connectivity index (χ0n) is 13.1. The summed E-state index contributed by atoms with van der Waals surface area (Å²) in [5.41, 5.74) is 1.39. The SMILES string of the molecule is CCOC(OCC)C12CC3CC(C)(CC(C)(C3)C1)C2. The van der Waals surface area contributed by atoms with Gasteiger partial charge in [-0.05, 0) is 69.1 Å². The Morgan fingerprint density at radius 2 is 1.42 bits per heavy atom. The van der Waals surface area contributed by atoms with Crippen molar-refractivity contribution in [3.8, 4) is 0 Å². The fourth-order valence-corrected chi connectivity index (χ4v) is 6.50. The van der Waals surface area contributed by atoms with Gasteiger partial charge in [-0.25, -0.2) is 0 Å².